The van der Waals surface area contributed by atoms with Crippen LogP contribution in [0, 0.1) is 0 Å². The second-order valence-electron chi connectivity index (χ2n) is 7.91. The highest BCUT2D eigenvalue weighted by molar-refractivity contribution is 7.92. The Morgan fingerprint density at radius 2 is 1.88 bits per heavy atom. The molecule has 8 nitrogen and oxygen atoms in total. The molecule has 168 valence electrons. The molecule has 1 aliphatic heterocycles. The largest absolute Gasteiger partial charge is 0.486 e. The monoisotopic (exact) mass is 455 g/mol. The van der Waals surface area contributed by atoms with Crippen LogP contribution in [0.1, 0.15) is 19.4 Å². The van der Waals surface area contributed by atoms with Crippen LogP contribution in [0.4, 0.5) is 5.69 Å². The fourth-order valence-corrected chi connectivity index (χ4v) is 4.41. The van der Waals surface area contributed by atoms with Crippen LogP contribution in [-0.4, -0.2) is 42.1 Å². The van der Waals surface area contributed by atoms with Gasteiger partial charge in [0.1, 0.15) is 6.61 Å². The fourth-order valence-electron chi connectivity index (χ4n) is 3.35. The van der Waals surface area contributed by atoms with Gasteiger partial charge in [-0.15, -0.1) is 0 Å². The summed E-state index contributed by atoms with van der Waals surface area (Å²) in [7, 11) is -3.33. The molecule has 1 amide bonds. The van der Waals surface area contributed by atoms with Crippen molar-refractivity contribution in [1.29, 1.82) is 0 Å². The third-order valence-electron chi connectivity index (χ3n) is 5.11. The van der Waals surface area contributed by atoms with Gasteiger partial charge in [0.05, 0.1) is 35.0 Å². The van der Waals surface area contributed by atoms with Gasteiger partial charge in [-0.1, -0.05) is 24.3 Å². The van der Waals surface area contributed by atoms with Gasteiger partial charge in [0, 0.05) is 6.20 Å². The molecule has 1 aliphatic rings. The average Bonchev–Trinajstić information content (AvgIpc) is 3.20. The van der Waals surface area contributed by atoms with Gasteiger partial charge in [0.15, 0.2) is 27.4 Å². The minimum atomic E-state index is -3.33. The first-order valence-electron chi connectivity index (χ1n) is 10.3. The van der Waals surface area contributed by atoms with Gasteiger partial charge in [-0.05, 0) is 43.7 Å². The number of fused-ring (bicyclic) bond motifs is 1. The summed E-state index contributed by atoms with van der Waals surface area (Å²) in [4.78, 5) is 12.7. The number of ether oxygens (including phenoxy) is 2. The summed E-state index contributed by atoms with van der Waals surface area (Å²) in [5, 5.41) is 6.60. The van der Waals surface area contributed by atoms with Crippen LogP contribution in [0.2, 0.25) is 0 Å². The number of para-hydroxylation sites is 2. The second-order valence-corrected chi connectivity index (χ2v) is 10.4. The first-order valence-corrected chi connectivity index (χ1v) is 11.9. The molecule has 1 N–H and O–H groups in total. The van der Waals surface area contributed by atoms with E-state index in [4.69, 9.17) is 9.47 Å². The lowest BCUT2D eigenvalue weighted by Crippen LogP contribution is -2.33. The van der Waals surface area contributed by atoms with Crippen LogP contribution >= 0.6 is 0 Å². The predicted molar refractivity (Wildman–Crippen MR) is 120 cm³/mol. The summed E-state index contributed by atoms with van der Waals surface area (Å²) >= 11 is 0. The number of nitrogens with zero attached hydrogens (tertiary/aromatic N) is 2. The number of rotatable bonds is 7. The summed E-state index contributed by atoms with van der Waals surface area (Å²) in [6.07, 6.45) is 3.26. The molecule has 2 aromatic carbocycles. The number of benzene rings is 2. The van der Waals surface area contributed by atoms with Gasteiger partial charge in [-0.25, -0.2) is 8.42 Å². The van der Waals surface area contributed by atoms with Crippen LogP contribution in [0.3, 0.4) is 0 Å². The van der Waals surface area contributed by atoms with Crippen LogP contribution in [0.5, 0.6) is 11.5 Å². The third-order valence-corrected chi connectivity index (χ3v) is 7.28. The third kappa shape index (κ3) is 4.94. The minimum Gasteiger partial charge on any atom is -0.486 e. The molecule has 32 heavy (non-hydrogen) atoms. The number of hydrogen-bond donors (Lipinski definition) is 1. The molecule has 0 aliphatic carbocycles. The fraction of sp³-hybridized carbons (Fsp3) is 0.304. The van der Waals surface area contributed by atoms with E-state index in [0.29, 0.717) is 24.6 Å². The Bertz CT molecular complexity index is 1200. The standard InChI is InChI=1S/C23H25N3O5S/c1-16(2)32(28,29)20-9-7-17(8-10-20)11-23(27)25-18-12-24-26(13-18)14-19-15-30-21-5-3-4-6-22(21)31-19/h3-10,12-13,16,19H,11,14-15H2,1-2H3,(H,25,27). The zero-order valence-electron chi connectivity index (χ0n) is 17.9. The number of amides is 1. The van der Waals surface area contributed by atoms with Crippen molar-refractivity contribution in [1.82, 2.24) is 9.78 Å². The van der Waals surface area contributed by atoms with E-state index in [0.717, 1.165) is 11.3 Å². The van der Waals surface area contributed by atoms with Crippen molar-refractivity contribution in [2.24, 2.45) is 0 Å². The van der Waals surface area contributed by atoms with Crippen molar-refractivity contribution < 1.29 is 22.7 Å². The van der Waals surface area contributed by atoms with Gasteiger partial charge >= 0.3 is 0 Å². The lowest BCUT2D eigenvalue weighted by atomic mass is 10.1. The maximum Gasteiger partial charge on any atom is 0.228 e. The van der Waals surface area contributed by atoms with E-state index in [2.05, 4.69) is 10.4 Å². The quantitative estimate of drug-likeness (QED) is 0.588. The Kier molecular flexibility index (Phi) is 6.18. The van der Waals surface area contributed by atoms with Crippen molar-refractivity contribution in [3.8, 4) is 11.5 Å². The molecule has 3 aromatic rings. The molecule has 1 unspecified atom stereocenters. The molecule has 0 saturated heterocycles. The maximum atomic E-state index is 12.4. The minimum absolute atomic E-state index is 0.129. The van der Waals surface area contributed by atoms with E-state index >= 15 is 0 Å². The summed E-state index contributed by atoms with van der Waals surface area (Å²) in [6, 6.07) is 13.9. The van der Waals surface area contributed by atoms with E-state index in [-0.39, 0.29) is 23.3 Å². The van der Waals surface area contributed by atoms with Gasteiger partial charge in [0.2, 0.25) is 5.91 Å². The van der Waals surface area contributed by atoms with Crippen LogP contribution < -0.4 is 14.8 Å². The summed E-state index contributed by atoms with van der Waals surface area (Å²) in [6.45, 7) is 4.18. The van der Waals surface area contributed by atoms with E-state index in [1.807, 2.05) is 24.3 Å². The van der Waals surface area contributed by atoms with Crippen molar-refractivity contribution in [2.45, 2.75) is 43.1 Å². The Morgan fingerprint density at radius 1 is 1.16 bits per heavy atom. The molecule has 4 rings (SSSR count). The van der Waals surface area contributed by atoms with E-state index in [9.17, 15) is 13.2 Å². The highest BCUT2D eigenvalue weighted by Crippen LogP contribution is 2.31. The highest BCUT2D eigenvalue weighted by atomic mass is 32.2. The smallest absolute Gasteiger partial charge is 0.228 e. The summed E-state index contributed by atoms with van der Waals surface area (Å²) in [5.74, 6) is 1.22. The average molecular weight is 456 g/mol. The van der Waals surface area contributed by atoms with Crippen molar-refractivity contribution in [3.63, 3.8) is 0 Å². The van der Waals surface area contributed by atoms with Gasteiger partial charge < -0.3 is 14.8 Å². The first-order chi connectivity index (χ1) is 15.3. The van der Waals surface area contributed by atoms with E-state index in [1.54, 1.807) is 55.2 Å². The van der Waals surface area contributed by atoms with E-state index < -0.39 is 15.1 Å². The molecule has 0 spiro atoms. The molecule has 0 saturated carbocycles. The van der Waals surface area contributed by atoms with Gasteiger partial charge in [0.25, 0.3) is 0 Å². The highest BCUT2D eigenvalue weighted by Gasteiger charge is 2.22. The van der Waals surface area contributed by atoms with Crippen LogP contribution in [0.15, 0.2) is 65.8 Å². The molecule has 1 aromatic heterocycles. The first kappa shape index (κ1) is 21.9. The molecule has 1 atom stereocenters. The van der Waals surface area contributed by atoms with Crippen molar-refractivity contribution in [3.05, 3.63) is 66.5 Å². The molecular formula is C23H25N3O5S. The maximum absolute atomic E-state index is 12.4. The lowest BCUT2D eigenvalue weighted by molar-refractivity contribution is -0.115. The van der Waals surface area contributed by atoms with Crippen LogP contribution in [-0.2, 0) is 27.6 Å². The number of hydrogen-bond acceptors (Lipinski definition) is 6. The van der Waals surface area contributed by atoms with Gasteiger partial charge in [-0.3, -0.25) is 9.48 Å². The topological polar surface area (TPSA) is 99.5 Å². The lowest BCUT2D eigenvalue weighted by Gasteiger charge is -2.26. The summed E-state index contributed by atoms with van der Waals surface area (Å²) < 4.78 is 37.8. The number of carbonyl (C=O) groups is 1. The van der Waals surface area contributed by atoms with Crippen molar-refractivity contribution >= 4 is 21.4 Å². The number of sulfone groups is 1. The van der Waals surface area contributed by atoms with Gasteiger partial charge in [-0.2, -0.15) is 5.10 Å². The second kappa shape index (κ2) is 9.04. The SMILES string of the molecule is CC(C)S(=O)(=O)c1ccc(CC(=O)Nc2cnn(CC3COc4ccccc4O3)c2)cc1. The van der Waals surface area contributed by atoms with Crippen molar-refractivity contribution in [2.75, 3.05) is 11.9 Å². The molecule has 2 heterocycles. The molecule has 0 bridgehead atoms. The zero-order valence-corrected chi connectivity index (χ0v) is 18.7. The van der Waals surface area contributed by atoms with Crippen LogP contribution in [0.25, 0.3) is 0 Å². The molecule has 0 fully saturated rings. The number of carbonyl (C=O) groups excluding carboxylic acids is 1. The summed E-state index contributed by atoms with van der Waals surface area (Å²) in [5.41, 5.74) is 1.30. The molecule has 0 radical (unpaired) electrons. The Morgan fingerprint density at radius 3 is 2.59 bits per heavy atom. The normalized spacial score (nSPS) is 15.5. The number of nitrogens with one attached hydrogen (secondary N) is 1. The number of aromatic nitrogens is 2. The zero-order chi connectivity index (χ0) is 22.7. The Hall–Kier alpha value is -3.33. The number of anilines is 1. The Labute approximate surface area is 187 Å². The molecular weight excluding hydrogens is 430 g/mol. The Balaban J connectivity index is 1.31. The molecule has 9 heteroatoms. The van der Waals surface area contributed by atoms with E-state index in [1.165, 1.54) is 0 Å². The predicted octanol–water partition coefficient (Wildman–Crippen LogP) is 3.09.